The van der Waals surface area contributed by atoms with Gasteiger partial charge in [-0.15, -0.1) is 11.3 Å². The van der Waals surface area contributed by atoms with Crippen molar-refractivity contribution in [3.05, 3.63) is 41.3 Å². The molecule has 156 valence electrons. The maximum absolute atomic E-state index is 13.0. The van der Waals surface area contributed by atoms with E-state index in [-0.39, 0.29) is 31.6 Å². The Morgan fingerprint density at radius 1 is 1.17 bits per heavy atom. The summed E-state index contributed by atoms with van der Waals surface area (Å²) < 4.78 is 5.86. The van der Waals surface area contributed by atoms with E-state index in [1.54, 1.807) is 4.90 Å². The molecule has 3 rings (SSSR count). The third kappa shape index (κ3) is 5.36. The van der Waals surface area contributed by atoms with Gasteiger partial charge in [-0.1, -0.05) is 30.3 Å². The summed E-state index contributed by atoms with van der Waals surface area (Å²) in [4.78, 5) is 30.3. The van der Waals surface area contributed by atoms with Crippen molar-refractivity contribution < 1.29 is 19.4 Å². The summed E-state index contributed by atoms with van der Waals surface area (Å²) in [5.74, 6) is 0.202. The number of rotatable bonds is 8. The molecule has 0 radical (unpaired) electrons. The molecule has 2 amide bonds. The molecule has 1 aliphatic rings. The van der Waals surface area contributed by atoms with Crippen molar-refractivity contribution in [2.24, 2.45) is 0 Å². The lowest BCUT2D eigenvalue weighted by Crippen LogP contribution is -2.38. The molecule has 6 nitrogen and oxygen atoms in total. The quantitative estimate of drug-likeness (QED) is 0.717. The summed E-state index contributed by atoms with van der Waals surface area (Å²) in [5.41, 5.74) is 0.994. The fourth-order valence-corrected chi connectivity index (χ4v) is 4.49. The van der Waals surface area contributed by atoms with E-state index in [2.05, 4.69) is 0 Å². The minimum atomic E-state index is -0.186. The van der Waals surface area contributed by atoms with Crippen LogP contribution in [0.15, 0.2) is 36.4 Å². The second-order valence-corrected chi connectivity index (χ2v) is 8.06. The summed E-state index contributed by atoms with van der Waals surface area (Å²) in [6.07, 6.45) is 3.21. The number of benzene rings is 1. The minimum absolute atomic E-state index is 0.0433. The van der Waals surface area contributed by atoms with Crippen molar-refractivity contribution in [3.8, 4) is 16.2 Å². The van der Waals surface area contributed by atoms with Gasteiger partial charge in [-0.25, -0.2) is 0 Å². The smallest absolute Gasteiger partial charge is 0.267 e. The van der Waals surface area contributed by atoms with Gasteiger partial charge in [0.2, 0.25) is 0 Å². The molecule has 0 atom stereocenters. The number of piperidine rings is 1. The zero-order valence-corrected chi connectivity index (χ0v) is 17.6. The summed E-state index contributed by atoms with van der Waals surface area (Å²) in [6, 6.07) is 11.6. The third-order valence-electron chi connectivity index (χ3n) is 5.05. The molecule has 2 heterocycles. The highest BCUT2D eigenvalue weighted by Gasteiger charge is 2.24. The van der Waals surface area contributed by atoms with E-state index in [4.69, 9.17) is 4.74 Å². The molecular weight excluding hydrogens is 388 g/mol. The van der Waals surface area contributed by atoms with Crippen LogP contribution in [0.5, 0.6) is 5.75 Å². The first-order valence-corrected chi connectivity index (χ1v) is 11.0. The van der Waals surface area contributed by atoms with E-state index in [1.807, 2.05) is 48.2 Å². The van der Waals surface area contributed by atoms with E-state index < -0.39 is 0 Å². The average Bonchev–Trinajstić information content (AvgIpc) is 3.21. The van der Waals surface area contributed by atoms with Gasteiger partial charge < -0.3 is 19.6 Å². The highest BCUT2D eigenvalue weighted by Crippen LogP contribution is 2.37. The molecule has 29 heavy (non-hydrogen) atoms. The van der Waals surface area contributed by atoms with Crippen LogP contribution in [0, 0.1) is 0 Å². The van der Waals surface area contributed by atoms with Crippen LogP contribution in [-0.2, 0) is 4.79 Å². The molecule has 0 unspecified atom stereocenters. The lowest BCUT2D eigenvalue weighted by Gasteiger charge is -2.26. The number of aliphatic hydroxyl groups is 1. The van der Waals surface area contributed by atoms with Crippen molar-refractivity contribution in [1.82, 2.24) is 9.80 Å². The summed E-state index contributed by atoms with van der Waals surface area (Å²) in [6.45, 7) is 4.00. The van der Waals surface area contributed by atoms with Crippen LogP contribution in [0.3, 0.4) is 0 Å². The Morgan fingerprint density at radius 3 is 2.55 bits per heavy atom. The molecule has 0 saturated carbocycles. The number of carbonyl (C=O) groups is 2. The van der Waals surface area contributed by atoms with Crippen LogP contribution in [-0.4, -0.2) is 66.1 Å². The number of ether oxygens (including phenoxy) is 1. The first-order chi connectivity index (χ1) is 14.1. The van der Waals surface area contributed by atoms with Crippen molar-refractivity contribution in [2.75, 3.05) is 39.4 Å². The van der Waals surface area contributed by atoms with Gasteiger partial charge in [0, 0.05) is 31.1 Å². The Balaban J connectivity index is 1.82. The molecule has 1 fully saturated rings. The normalized spacial score (nSPS) is 13.9. The Labute approximate surface area is 175 Å². The number of nitrogens with zero attached hydrogens (tertiary/aromatic N) is 2. The molecule has 1 aromatic heterocycles. The molecule has 0 spiro atoms. The Morgan fingerprint density at radius 2 is 1.90 bits per heavy atom. The standard InChI is InChI=1S/C22H28N2O4S/c1-2-23(13-14-25)22(27)21-18(15-19(29-21)17-9-5-3-6-10-17)28-16-20(26)24-11-7-4-8-12-24/h3,5-6,9-10,15,25H,2,4,7-8,11-14,16H2,1H3. The summed E-state index contributed by atoms with van der Waals surface area (Å²) in [5, 5.41) is 9.26. The minimum Gasteiger partial charge on any atom is -0.482 e. The van der Waals surface area contributed by atoms with Crippen LogP contribution >= 0.6 is 11.3 Å². The Bertz CT molecular complexity index is 815. The lowest BCUT2D eigenvalue weighted by molar-refractivity contribution is -0.134. The Kier molecular flexibility index (Phi) is 7.66. The second-order valence-electron chi connectivity index (χ2n) is 7.01. The van der Waals surface area contributed by atoms with Gasteiger partial charge in [-0.3, -0.25) is 9.59 Å². The van der Waals surface area contributed by atoms with Gasteiger partial charge in [-0.05, 0) is 37.8 Å². The number of amides is 2. The first-order valence-electron chi connectivity index (χ1n) is 10.1. The van der Waals surface area contributed by atoms with Crippen LogP contribution in [0.4, 0.5) is 0 Å². The average molecular weight is 417 g/mol. The van der Waals surface area contributed by atoms with Gasteiger partial charge in [0.15, 0.2) is 6.61 Å². The summed E-state index contributed by atoms with van der Waals surface area (Å²) >= 11 is 1.35. The van der Waals surface area contributed by atoms with Gasteiger partial charge in [0.1, 0.15) is 10.6 Å². The monoisotopic (exact) mass is 416 g/mol. The fourth-order valence-electron chi connectivity index (χ4n) is 3.42. The van der Waals surface area contributed by atoms with E-state index >= 15 is 0 Å². The number of hydrogen-bond acceptors (Lipinski definition) is 5. The zero-order chi connectivity index (χ0) is 20.6. The largest absolute Gasteiger partial charge is 0.482 e. The van der Waals surface area contributed by atoms with Crippen LogP contribution < -0.4 is 4.74 Å². The van der Waals surface area contributed by atoms with Crippen molar-refractivity contribution in [3.63, 3.8) is 0 Å². The number of thiophene rings is 1. The van der Waals surface area contributed by atoms with Crippen LogP contribution in [0.2, 0.25) is 0 Å². The highest BCUT2D eigenvalue weighted by molar-refractivity contribution is 7.17. The predicted octanol–water partition coefficient (Wildman–Crippen LogP) is 3.26. The number of likely N-dealkylation sites (tertiary alicyclic amines) is 1. The zero-order valence-electron chi connectivity index (χ0n) is 16.8. The highest BCUT2D eigenvalue weighted by atomic mass is 32.1. The van der Waals surface area contributed by atoms with Crippen LogP contribution in [0.1, 0.15) is 35.9 Å². The maximum atomic E-state index is 13.0. The van der Waals surface area contributed by atoms with Crippen molar-refractivity contribution in [2.45, 2.75) is 26.2 Å². The number of hydrogen-bond donors (Lipinski definition) is 1. The molecule has 0 bridgehead atoms. The van der Waals surface area contributed by atoms with E-state index in [1.165, 1.54) is 11.3 Å². The lowest BCUT2D eigenvalue weighted by atomic mass is 10.1. The first kappa shape index (κ1) is 21.3. The number of aliphatic hydroxyl groups excluding tert-OH is 1. The van der Waals surface area contributed by atoms with Gasteiger partial charge in [-0.2, -0.15) is 0 Å². The maximum Gasteiger partial charge on any atom is 0.267 e. The third-order valence-corrected chi connectivity index (χ3v) is 6.20. The molecule has 1 aliphatic heterocycles. The Hall–Kier alpha value is -2.38. The molecule has 1 saturated heterocycles. The van der Waals surface area contributed by atoms with E-state index in [9.17, 15) is 14.7 Å². The molecule has 0 aliphatic carbocycles. The molecule has 7 heteroatoms. The fraction of sp³-hybridized carbons (Fsp3) is 0.455. The molecule has 2 aromatic rings. The van der Waals surface area contributed by atoms with Gasteiger partial charge in [0.25, 0.3) is 11.8 Å². The van der Waals surface area contributed by atoms with Gasteiger partial charge >= 0.3 is 0 Å². The predicted molar refractivity (Wildman–Crippen MR) is 114 cm³/mol. The summed E-state index contributed by atoms with van der Waals surface area (Å²) in [7, 11) is 0. The van der Waals surface area contributed by atoms with Crippen molar-refractivity contribution in [1.29, 1.82) is 0 Å². The topological polar surface area (TPSA) is 70.1 Å². The molecule has 1 N–H and O–H groups in total. The van der Waals surface area contributed by atoms with E-state index in [0.717, 1.165) is 42.8 Å². The van der Waals surface area contributed by atoms with Crippen molar-refractivity contribution >= 4 is 23.2 Å². The molecular formula is C22H28N2O4S. The molecule has 1 aromatic carbocycles. The SMILES string of the molecule is CCN(CCO)C(=O)c1sc(-c2ccccc2)cc1OCC(=O)N1CCCCC1. The van der Waals surface area contributed by atoms with Crippen LogP contribution in [0.25, 0.3) is 10.4 Å². The second kappa shape index (κ2) is 10.4. The number of carbonyl (C=O) groups excluding carboxylic acids is 2. The number of likely N-dealkylation sites (N-methyl/N-ethyl adjacent to an activating group) is 1. The van der Waals surface area contributed by atoms with Gasteiger partial charge in [0.05, 0.1) is 6.61 Å². The van der Waals surface area contributed by atoms with E-state index in [0.29, 0.717) is 17.2 Å².